The molecule has 0 amide bonds. The molecule has 3 N–H and O–H groups in total. The smallest absolute Gasteiger partial charge is 0.0500 e. The van der Waals surface area contributed by atoms with Crippen molar-refractivity contribution < 1.29 is 0 Å². The normalized spacial score (nSPS) is 12.4. The zero-order chi connectivity index (χ0) is 13.8. The lowest BCUT2D eigenvalue weighted by Crippen LogP contribution is -2.29. The van der Waals surface area contributed by atoms with Gasteiger partial charge in [-0.2, -0.15) is 0 Å². The highest BCUT2D eigenvalue weighted by Crippen LogP contribution is 2.20. The van der Waals surface area contributed by atoms with Crippen molar-refractivity contribution in [2.75, 3.05) is 0 Å². The predicted molar refractivity (Wildman–Crippen MR) is 80.9 cm³/mol. The molecule has 0 aliphatic rings. The lowest BCUT2D eigenvalue weighted by atomic mass is 9.96. The van der Waals surface area contributed by atoms with Gasteiger partial charge in [0.1, 0.15) is 0 Å². The van der Waals surface area contributed by atoms with Crippen LogP contribution in [0.5, 0.6) is 0 Å². The predicted octanol–water partition coefficient (Wildman–Crippen LogP) is 3.36. The van der Waals surface area contributed by atoms with Gasteiger partial charge < -0.3 is 0 Å². The first-order chi connectivity index (χ1) is 9.10. The van der Waals surface area contributed by atoms with Crippen LogP contribution >= 0.6 is 0 Å². The van der Waals surface area contributed by atoms with E-state index in [4.69, 9.17) is 5.84 Å². The lowest BCUT2D eigenvalue weighted by Gasteiger charge is -2.17. The molecule has 19 heavy (non-hydrogen) atoms. The first-order valence-electron chi connectivity index (χ1n) is 6.69. The van der Waals surface area contributed by atoms with Crippen LogP contribution in [0, 0.1) is 20.8 Å². The Kier molecular flexibility index (Phi) is 4.35. The van der Waals surface area contributed by atoms with Crippen LogP contribution in [0.15, 0.2) is 42.5 Å². The van der Waals surface area contributed by atoms with Crippen molar-refractivity contribution in [1.29, 1.82) is 0 Å². The number of nitrogens with two attached hydrogens (primary N) is 1. The topological polar surface area (TPSA) is 38.0 Å². The fourth-order valence-electron chi connectivity index (χ4n) is 2.33. The highest BCUT2D eigenvalue weighted by molar-refractivity contribution is 5.32. The summed E-state index contributed by atoms with van der Waals surface area (Å²) in [5.74, 6) is 5.72. The molecular weight excluding hydrogens is 232 g/mol. The number of hydrogen-bond donors (Lipinski definition) is 2. The molecule has 0 aliphatic carbocycles. The van der Waals surface area contributed by atoms with E-state index in [1.165, 1.54) is 27.8 Å². The highest BCUT2D eigenvalue weighted by atomic mass is 15.2. The fraction of sp³-hybridized carbons (Fsp3) is 0.294. The minimum absolute atomic E-state index is 0.155. The molecule has 0 spiro atoms. The van der Waals surface area contributed by atoms with Crippen LogP contribution < -0.4 is 11.3 Å². The molecule has 1 atom stereocenters. The molecule has 2 aromatic carbocycles. The van der Waals surface area contributed by atoms with E-state index < -0.39 is 0 Å². The second-order valence-electron chi connectivity index (χ2n) is 5.26. The molecule has 0 bridgehead atoms. The van der Waals surface area contributed by atoms with Gasteiger partial charge in [-0.3, -0.25) is 11.3 Å². The summed E-state index contributed by atoms with van der Waals surface area (Å²) in [6.45, 7) is 6.39. The summed E-state index contributed by atoms with van der Waals surface area (Å²) < 4.78 is 0. The monoisotopic (exact) mass is 254 g/mol. The van der Waals surface area contributed by atoms with E-state index in [0.29, 0.717) is 0 Å². The van der Waals surface area contributed by atoms with Crippen molar-refractivity contribution in [2.24, 2.45) is 5.84 Å². The van der Waals surface area contributed by atoms with E-state index in [9.17, 15) is 0 Å². The van der Waals surface area contributed by atoms with Crippen molar-refractivity contribution in [2.45, 2.75) is 33.2 Å². The molecule has 0 radical (unpaired) electrons. The van der Waals surface area contributed by atoms with Crippen LogP contribution in [0.2, 0.25) is 0 Å². The van der Waals surface area contributed by atoms with Gasteiger partial charge in [-0.1, -0.05) is 48.0 Å². The average Bonchev–Trinajstić information content (AvgIpc) is 2.40. The molecule has 2 rings (SSSR count). The number of nitrogens with one attached hydrogen (secondary N) is 1. The van der Waals surface area contributed by atoms with Crippen LogP contribution in [-0.2, 0) is 6.42 Å². The Labute approximate surface area is 115 Å². The van der Waals surface area contributed by atoms with Gasteiger partial charge in [0.15, 0.2) is 0 Å². The SMILES string of the molecule is Cc1cccc(C(Cc2ccc(C)c(C)c2)NN)c1. The molecular formula is C17H22N2. The summed E-state index contributed by atoms with van der Waals surface area (Å²) >= 11 is 0. The standard InChI is InChI=1S/C17H22N2/c1-12-5-4-6-16(9-12)17(19-18)11-15-8-7-13(2)14(3)10-15/h4-10,17,19H,11,18H2,1-3H3. The molecule has 0 saturated heterocycles. The number of aryl methyl sites for hydroxylation is 3. The van der Waals surface area contributed by atoms with Crippen molar-refractivity contribution in [1.82, 2.24) is 5.43 Å². The van der Waals surface area contributed by atoms with Crippen molar-refractivity contribution in [3.8, 4) is 0 Å². The highest BCUT2D eigenvalue weighted by Gasteiger charge is 2.11. The van der Waals surface area contributed by atoms with Crippen LogP contribution in [-0.4, -0.2) is 0 Å². The Morgan fingerprint density at radius 2 is 1.79 bits per heavy atom. The third-order valence-corrected chi connectivity index (χ3v) is 3.66. The van der Waals surface area contributed by atoms with E-state index in [-0.39, 0.29) is 6.04 Å². The zero-order valence-electron chi connectivity index (χ0n) is 11.9. The molecule has 0 saturated carbocycles. The van der Waals surface area contributed by atoms with E-state index >= 15 is 0 Å². The summed E-state index contributed by atoms with van der Waals surface area (Å²) in [4.78, 5) is 0. The molecule has 0 heterocycles. The van der Waals surface area contributed by atoms with Gasteiger partial charge in [0.2, 0.25) is 0 Å². The number of benzene rings is 2. The Morgan fingerprint density at radius 3 is 2.42 bits per heavy atom. The van der Waals surface area contributed by atoms with Gasteiger partial charge >= 0.3 is 0 Å². The van der Waals surface area contributed by atoms with E-state index in [1.807, 2.05) is 0 Å². The Balaban J connectivity index is 2.21. The molecule has 0 aliphatic heterocycles. The lowest BCUT2D eigenvalue weighted by molar-refractivity contribution is 0.551. The van der Waals surface area contributed by atoms with Gasteiger partial charge in [0.25, 0.3) is 0 Å². The van der Waals surface area contributed by atoms with E-state index in [1.54, 1.807) is 0 Å². The summed E-state index contributed by atoms with van der Waals surface area (Å²) in [5.41, 5.74) is 9.40. The maximum absolute atomic E-state index is 5.72. The maximum Gasteiger partial charge on any atom is 0.0500 e. The minimum Gasteiger partial charge on any atom is -0.271 e. The third-order valence-electron chi connectivity index (χ3n) is 3.66. The van der Waals surface area contributed by atoms with Crippen molar-refractivity contribution >= 4 is 0 Å². The molecule has 0 fully saturated rings. The van der Waals surface area contributed by atoms with Crippen LogP contribution in [0.25, 0.3) is 0 Å². The summed E-state index contributed by atoms with van der Waals surface area (Å²) in [7, 11) is 0. The second-order valence-corrected chi connectivity index (χ2v) is 5.26. The van der Waals surface area contributed by atoms with E-state index in [2.05, 4.69) is 68.7 Å². The quantitative estimate of drug-likeness (QED) is 0.648. The fourth-order valence-corrected chi connectivity index (χ4v) is 2.33. The molecule has 100 valence electrons. The molecule has 2 aromatic rings. The average molecular weight is 254 g/mol. The first-order valence-corrected chi connectivity index (χ1v) is 6.69. The van der Waals surface area contributed by atoms with Crippen molar-refractivity contribution in [3.05, 3.63) is 70.3 Å². The van der Waals surface area contributed by atoms with Gasteiger partial charge in [-0.15, -0.1) is 0 Å². The Hall–Kier alpha value is -1.64. The number of hydrazine groups is 1. The van der Waals surface area contributed by atoms with Crippen molar-refractivity contribution in [3.63, 3.8) is 0 Å². The number of hydrogen-bond acceptors (Lipinski definition) is 2. The summed E-state index contributed by atoms with van der Waals surface area (Å²) in [6.07, 6.45) is 0.904. The number of rotatable bonds is 4. The molecule has 0 aromatic heterocycles. The summed E-state index contributed by atoms with van der Waals surface area (Å²) in [5, 5.41) is 0. The molecule has 1 unspecified atom stereocenters. The van der Waals surface area contributed by atoms with Crippen LogP contribution in [0.1, 0.15) is 33.9 Å². The zero-order valence-corrected chi connectivity index (χ0v) is 11.9. The second kappa shape index (κ2) is 6.00. The Bertz CT molecular complexity index is 561. The van der Waals surface area contributed by atoms with Gasteiger partial charge in [-0.05, 0) is 49.4 Å². The first kappa shape index (κ1) is 13.8. The Morgan fingerprint density at radius 1 is 1.00 bits per heavy atom. The third kappa shape index (κ3) is 3.43. The van der Waals surface area contributed by atoms with E-state index in [0.717, 1.165) is 6.42 Å². The molecule has 2 nitrogen and oxygen atoms in total. The maximum atomic E-state index is 5.72. The van der Waals surface area contributed by atoms with Gasteiger partial charge in [0, 0.05) is 6.04 Å². The minimum atomic E-state index is 0.155. The molecule has 2 heteroatoms. The summed E-state index contributed by atoms with van der Waals surface area (Å²) in [6, 6.07) is 15.3. The van der Waals surface area contributed by atoms with Gasteiger partial charge in [0.05, 0.1) is 0 Å². The van der Waals surface area contributed by atoms with Crippen LogP contribution in [0.3, 0.4) is 0 Å². The van der Waals surface area contributed by atoms with Crippen LogP contribution in [0.4, 0.5) is 0 Å². The van der Waals surface area contributed by atoms with Gasteiger partial charge in [-0.25, -0.2) is 0 Å². The largest absolute Gasteiger partial charge is 0.271 e.